The molecule has 2 aromatic heterocycles. The quantitative estimate of drug-likeness (QED) is 0.166. The molecule has 2 aliphatic rings. The van der Waals surface area contributed by atoms with Crippen molar-refractivity contribution in [3.63, 3.8) is 0 Å². The number of para-hydroxylation sites is 8. The molecule has 6 heteroatoms. The van der Waals surface area contributed by atoms with Gasteiger partial charge in [-0.05, 0) is 83.9 Å². The van der Waals surface area contributed by atoms with Crippen LogP contribution in [-0.2, 0) is 0 Å². The SMILES string of the molecule is c1ccc(-c2ccccc2N2c3ccccc3N(c3cccc4oc5ccccc5c34)C23N(c2ccccc2-c2ccccc2)c2ccccc2N3c2cccc3oc4ccccc4c23)cc1. The molecule has 0 bridgehead atoms. The van der Waals surface area contributed by atoms with Crippen LogP contribution in [0.1, 0.15) is 0 Å². The fraction of sp³-hybridized carbons (Fsp3) is 0.0164. The van der Waals surface area contributed by atoms with E-state index in [1.54, 1.807) is 0 Å². The van der Waals surface area contributed by atoms with E-state index in [4.69, 9.17) is 8.83 Å². The van der Waals surface area contributed by atoms with Crippen molar-refractivity contribution in [2.45, 2.75) is 5.91 Å². The summed E-state index contributed by atoms with van der Waals surface area (Å²) >= 11 is 0. The maximum atomic E-state index is 6.76. The number of rotatable bonds is 6. The molecule has 0 radical (unpaired) electrons. The van der Waals surface area contributed by atoms with Gasteiger partial charge in [0, 0.05) is 21.9 Å². The van der Waals surface area contributed by atoms with Crippen LogP contribution in [0.5, 0.6) is 0 Å². The normalized spacial score (nSPS) is 14.0. The minimum atomic E-state index is -1.28. The topological polar surface area (TPSA) is 39.2 Å². The molecule has 0 unspecified atom stereocenters. The highest BCUT2D eigenvalue weighted by Crippen LogP contribution is 2.67. The first-order valence-corrected chi connectivity index (χ1v) is 22.8. The van der Waals surface area contributed by atoms with Crippen LogP contribution >= 0.6 is 0 Å². The smallest absolute Gasteiger partial charge is 0.295 e. The third-order valence-electron chi connectivity index (χ3n) is 13.6. The van der Waals surface area contributed by atoms with E-state index in [0.29, 0.717) is 0 Å². The number of fused-ring (bicyclic) bond motifs is 8. The summed E-state index contributed by atoms with van der Waals surface area (Å²) in [6.45, 7) is 0. The molecule has 0 N–H and O–H groups in total. The van der Waals surface area contributed by atoms with E-state index < -0.39 is 5.91 Å². The van der Waals surface area contributed by atoms with Gasteiger partial charge < -0.3 is 8.83 Å². The van der Waals surface area contributed by atoms with Crippen LogP contribution in [0.15, 0.2) is 251 Å². The molecule has 14 rings (SSSR count). The van der Waals surface area contributed by atoms with Crippen molar-refractivity contribution < 1.29 is 8.83 Å². The van der Waals surface area contributed by atoms with Gasteiger partial charge in [-0.3, -0.25) is 19.6 Å². The zero-order valence-electron chi connectivity index (χ0n) is 36.2. The van der Waals surface area contributed by atoms with Gasteiger partial charge in [0.05, 0.1) is 56.3 Å². The molecule has 4 heterocycles. The van der Waals surface area contributed by atoms with Crippen molar-refractivity contribution in [2.24, 2.45) is 0 Å². The van der Waals surface area contributed by atoms with Gasteiger partial charge in [-0.15, -0.1) is 0 Å². The molecular formula is C61H40N4O2. The van der Waals surface area contributed by atoms with Crippen molar-refractivity contribution in [3.8, 4) is 22.3 Å². The minimum absolute atomic E-state index is 0.815. The van der Waals surface area contributed by atoms with Crippen molar-refractivity contribution in [1.82, 2.24) is 0 Å². The third kappa shape index (κ3) is 5.26. The maximum Gasteiger partial charge on any atom is 0.295 e. The van der Waals surface area contributed by atoms with Gasteiger partial charge in [0.1, 0.15) is 22.3 Å². The lowest BCUT2D eigenvalue weighted by atomic mass is 10.0. The van der Waals surface area contributed by atoms with Gasteiger partial charge >= 0.3 is 0 Å². The van der Waals surface area contributed by atoms with Crippen molar-refractivity contribution in [1.29, 1.82) is 0 Å². The summed E-state index contributed by atoms with van der Waals surface area (Å²) < 4.78 is 13.5. The van der Waals surface area contributed by atoms with Crippen LogP contribution in [0, 0.1) is 0 Å². The molecule has 2 aliphatic heterocycles. The minimum Gasteiger partial charge on any atom is -0.456 e. The van der Waals surface area contributed by atoms with Crippen LogP contribution in [0.4, 0.5) is 45.5 Å². The Hall–Kier alpha value is -9.00. The van der Waals surface area contributed by atoms with E-state index in [1.165, 1.54) is 0 Å². The molecule has 0 amide bonds. The fourth-order valence-electron chi connectivity index (χ4n) is 11.0. The van der Waals surface area contributed by atoms with E-state index in [0.717, 1.165) is 112 Å². The van der Waals surface area contributed by atoms with Crippen molar-refractivity contribution in [2.75, 3.05) is 19.6 Å². The summed E-state index contributed by atoms with van der Waals surface area (Å²) in [4.78, 5) is 10.3. The van der Waals surface area contributed by atoms with Crippen LogP contribution in [-0.4, -0.2) is 5.91 Å². The van der Waals surface area contributed by atoms with Crippen LogP contribution < -0.4 is 19.6 Å². The first kappa shape index (κ1) is 37.4. The second-order valence-corrected chi connectivity index (χ2v) is 17.2. The number of benzene rings is 10. The summed E-state index contributed by atoms with van der Waals surface area (Å²) in [5.41, 5.74) is 16.0. The molecule has 0 saturated heterocycles. The first-order chi connectivity index (χ1) is 33.3. The average molecular weight is 861 g/mol. The molecule has 0 aliphatic carbocycles. The second kappa shape index (κ2) is 14.5. The summed E-state index contributed by atoms with van der Waals surface area (Å²) in [6, 6.07) is 86.9. The summed E-state index contributed by atoms with van der Waals surface area (Å²) in [5.74, 6) is -1.28. The molecule has 67 heavy (non-hydrogen) atoms. The lowest BCUT2D eigenvalue weighted by Gasteiger charge is -2.53. The van der Waals surface area contributed by atoms with E-state index in [1.807, 2.05) is 12.1 Å². The van der Waals surface area contributed by atoms with Crippen molar-refractivity contribution in [3.05, 3.63) is 243 Å². The molecule has 316 valence electrons. The monoisotopic (exact) mass is 860 g/mol. The lowest BCUT2D eigenvalue weighted by molar-refractivity contribution is 0.482. The number of furan rings is 2. The van der Waals surface area contributed by atoms with Gasteiger partial charge in [-0.25, -0.2) is 0 Å². The van der Waals surface area contributed by atoms with E-state index in [2.05, 4.69) is 250 Å². The lowest BCUT2D eigenvalue weighted by Crippen LogP contribution is -2.70. The summed E-state index contributed by atoms with van der Waals surface area (Å²) in [6.07, 6.45) is 0. The van der Waals surface area contributed by atoms with Crippen LogP contribution in [0.3, 0.4) is 0 Å². The van der Waals surface area contributed by atoms with Crippen LogP contribution in [0.25, 0.3) is 66.1 Å². The molecular weight excluding hydrogens is 821 g/mol. The highest BCUT2D eigenvalue weighted by Gasteiger charge is 2.65. The Kier molecular flexibility index (Phi) is 8.09. The predicted molar refractivity (Wildman–Crippen MR) is 275 cm³/mol. The predicted octanol–water partition coefficient (Wildman–Crippen LogP) is 16.7. The Morgan fingerprint density at radius 1 is 0.239 bits per heavy atom. The van der Waals surface area contributed by atoms with Gasteiger partial charge in [0.2, 0.25) is 0 Å². The Bertz CT molecular complexity index is 3620. The van der Waals surface area contributed by atoms with Gasteiger partial charge in [-0.2, -0.15) is 0 Å². The average Bonchev–Trinajstić information content (AvgIpc) is 4.13. The standard InChI is InChI=1S/C61H40N4O2/c1-3-21-41(22-4-1)43-25-7-11-29-47(43)62-49-31-13-15-33-51(49)64(53-35-19-39-57-59(53)45-27-9-17-37-55(45)66-57)61(62)63(48-30-12-8-26-44(48)42-23-5-2-6-24-42)50-32-14-16-34-52(50)65(61)54-36-20-40-58-60(54)46-28-10-18-38-56(46)67-58/h1-40H. The summed E-state index contributed by atoms with van der Waals surface area (Å²) in [5, 5.41) is 4.16. The molecule has 10 aromatic carbocycles. The van der Waals surface area contributed by atoms with E-state index >= 15 is 0 Å². The van der Waals surface area contributed by atoms with Crippen molar-refractivity contribution >= 4 is 89.4 Å². The van der Waals surface area contributed by atoms with Gasteiger partial charge in [0.25, 0.3) is 5.91 Å². The van der Waals surface area contributed by atoms with Gasteiger partial charge in [-0.1, -0.05) is 170 Å². The second-order valence-electron chi connectivity index (χ2n) is 17.2. The molecule has 6 nitrogen and oxygen atoms in total. The zero-order valence-corrected chi connectivity index (χ0v) is 36.2. The fourth-order valence-corrected chi connectivity index (χ4v) is 11.0. The molecule has 0 saturated carbocycles. The van der Waals surface area contributed by atoms with Gasteiger partial charge in [0.15, 0.2) is 0 Å². The number of nitrogens with zero attached hydrogens (tertiary/aromatic N) is 4. The maximum absolute atomic E-state index is 6.76. The Labute approximate surface area is 387 Å². The van der Waals surface area contributed by atoms with E-state index in [-0.39, 0.29) is 0 Å². The Balaban J connectivity index is 1.22. The number of hydrogen-bond donors (Lipinski definition) is 0. The third-order valence-corrected chi connectivity index (χ3v) is 13.6. The van der Waals surface area contributed by atoms with Crippen LogP contribution in [0.2, 0.25) is 0 Å². The first-order valence-electron chi connectivity index (χ1n) is 22.8. The Morgan fingerprint density at radius 2 is 0.537 bits per heavy atom. The molecule has 0 fully saturated rings. The highest BCUT2D eigenvalue weighted by molar-refractivity contribution is 6.18. The molecule has 0 atom stereocenters. The molecule has 12 aromatic rings. The summed E-state index contributed by atoms with van der Waals surface area (Å²) in [7, 11) is 0. The highest BCUT2D eigenvalue weighted by atomic mass is 16.3. The largest absolute Gasteiger partial charge is 0.456 e. The molecule has 1 spiro atoms. The zero-order chi connectivity index (χ0) is 44.1. The Morgan fingerprint density at radius 3 is 0.955 bits per heavy atom. The number of anilines is 8. The number of hydrogen-bond acceptors (Lipinski definition) is 6. The van der Waals surface area contributed by atoms with E-state index in [9.17, 15) is 0 Å².